The third-order valence-electron chi connectivity index (χ3n) is 3.64. The average Bonchev–Trinajstić information content (AvgIpc) is 2.89. The van der Waals surface area contributed by atoms with Gasteiger partial charge < -0.3 is 10.3 Å². The van der Waals surface area contributed by atoms with Gasteiger partial charge in [-0.3, -0.25) is 4.79 Å². The van der Waals surface area contributed by atoms with Crippen LogP contribution >= 0.6 is 0 Å². The summed E-state index contributed by atoms with van der Waals surface area (Å²) < 4.78 is 1.82. The highest BCUT2D eigenvalue weighted by atomic mass is 16.1. The van der Waals surface area contributed by atoms with Crippen molar-refractivity contribution in [1.82, 2.24) is 19.7 Å². The van der Waals surface area contributed by atoms with Crippen LogP contribution in [-0.2, 0) is 13.1 Å². The fourth-order valence-corrected chi connectivity index (χ4v) is 2.50. The maximum Gasteiger partial charge on any atom is 0.272 e. The Labute approximate surface area is 126 Å². The molecule has 0 unspecified atom stereocenters. The van der Waals surface area contributed by atoms with Gasteiger partial charge in [0.05, 0.1) is 29.0 Å². The van der Waals surface area contributed by atoms with Gasteiger partial charge in [-0.2, -0.15) is 10.4 Å². The van der Waals surface area contributed by atoms with Crippen molar-refractivity contribution >= 4 is 10.8 Å². The van der Waals surface area contributed by atoms with Crippen molar-refractivity contribution in [3.8, 4) is 17.3 Å². The summed E-state index contributed by atoms with van der Waals surface area (Å²) in [6.45, 7) is 2.29. The molecule has 0 bridgehead atoms. The van der Waals surface area contributed by atoms with Gasteiger partial charge in [0, 0.05) is 17.5 Å². The number of hydrogen-bond donors (Lipinski definition) is 2. The number of aromatic nitrogens is 4. The molecule has 7 nitrogen and oxygen atoms in total. The summed E-state index contributed by atoms with van der Waals surface area (Å²) in [5.41, 5.74) is 7.76. The van der Waals surface area contributed by atoms with E-state index < -0.39 is 0 Å². The molecule has 0 aliphatic rings. The summed E-state index contributed by atoms with van der Waals surface area (Å²) in [5.74, 6) is 0.764. The summed E-state index contributed by atoms with van der Waals surface area (Å²) in [6.07, 6.45) is 1.72. The summed E-state index contributed by atoms with van der Waals surface area (Å²) in [4.78, 5) is 16.1. The monoisotopic (exact) mass is 294 g/mol. The standard InChI is InChI=1S/C15H14N6O/c1-9-18-8-14(21(9)5-4-16)10-2-3-11-12(6-10)13(7-17)19-20-15(11)22/h2-3,6,8H,5,7,17H2,1H3,(H,20,22). The van der Waals surface area contributed by atoms with E-state index in [0.717, 1.165) is 17.1 Å². The minimum atomic E-state index is -0.250. The van der Waals surface area contributed by atoms with E-state index in [1.165, 1.54) is 0 Å². The molecule has 0 aliphatic carbocycles. The lowest BCUT2D eigenvalue weighted by atomic mass is 10.1. The third kappa shape index (κ3) is 2.16. The average molecular weight is 294 g/mol. The van der Waals surface area contributed by atoms with Crippen LogP contribution in [0.1, 0.15) is 11.5 Å². The summed E-state index contributed by atoms with van der Waals surface area (Å²) in [7, 11) is 0. The number of benzene rings is 1. The molecule has 0 saturated heterocycles. The smallest absolute Gasteiger partial charge is 0.272 e. The Hall–Kier alpha value is -2.98. The Morgan fingerprint density at radius 2 is 2.23 bits per heavy atom. The van der Waals surface area contributed by atoms with Crippen LogP contribution in [0.15, 0.2) is 29.2 Å². The van der Waals surface area contributed by atoms with Crippen LogP contribution in [0.2, 0.25) is 0 Å². The number of H-pyrrole nitrogens is 1. The maximum atomic E-state index is 11.8. The molecule has 0 amide bonds. The Morgan fingerprint density at radius 3 is 2.95 bits per heavy atom. The molecule has 2 heterocycles. The lowest BCUT2D eigenvalue weighted by Crippen LogP contribution is -2.13. The van der Waals surface area contributed by atoms with Crippen LogP contribution in [0, 0.1) is 18.3 Å². The van der Waals surface area contributed by atoms with Crippen molar-refractivity contribution in [2.75, 3.05) is 0 Å². The summed E-state index contributed by atoms with van der Waals surface area (Å²) in [5, 5.41) is 16.6. The van der Waals surface area contributed by atoms with Crippen molar-refractivity contribution in [2.24, 2.45) is 5.73 Å². The van der Waals surface area contributed by atoms with E-state index in [4.69, 9.17) is 11.0 Å². The van der Waals surface area contributed by atoms with Crippen LogP contribution in [-0.4, -0.2) is 19.7 Å². The summed E-state index contributed by atoms with van der Waals surface area (Å²) in [6, 6.07) is 7.57. The van der Waals surface area contributed by atoms with Crippen molar-refractivity contribution in [2.45, 2.75) is 20.0 Å². The number of nitrogens with one attached hydrogen (secondary N) is 1. The summed E-state index contributed by atoms with van der Waals surface area (Å²) >= 11 is 0. The molecular weight excluding hydrogens is 280 g/mol. The van der Waals surface area contributed by atoms with Gasteiger partial charge in [0.2, 0.25) is 0 Å². The van der Waals surface area contributed by atoms with Gasteiger partial charge in [0.1, 0.15) is 12.4 Å². The van der Waals surface area contributed by atoms with E-state index in [0.29, 0.717) is 16.5 Å². The van der Waals surface area contributed by atoms with E-state index in [2.05, 4.69) is 21.3 Å². The molecule has 0 atom stereocenters. The molecule has 0 radical (unpaired) electrons. The molecule has 1 aromatic carbocycles. The van der Waals surface area contributed by atoms with E-state index in [-0.39, 0.29) is 18.6 Å². The normalized spacial score (nSPS) is 10.8. The van der Waals surface area contributed by atoms with E-state index in [9.17, 15) is 4.79 Å². The molecular formula is C15H14N6O. The number of aryl methyl sites for hydroxylation is 1. The first kappa shape index (κ1) is 14.0. The number of fused-ring (bicyclic) bond motifs is 1. The molecule has 7 heteroatoms. The second kappa shape index (κ2) is 5.42. The molecule has 0 fully saturated rings. The van der Waals surface area contributed by atoms with Gasteiger partial charge in [-0.05, 0) is 19.1 Å². The number of nitrogens with zero attached hydrogens (tertiary/aromatic N) is 4. The van der Waals surface area contributed by atoms with Crippen LogP contribution in [0.4, 0.5) is 0 Å². The van der Waals surface area contributed by atoms with Gasteiger partial charge in [0.25, 0.3) is 5.56 Å². The molecule has 110 valence electrons. The highest BCUT2D eigenvalue weighted by Crippen LogP contribution is 2.25. The SMILES string of the molecule is Cc1ncc(-c2ccc3c(=O)[nH]nc(CN)c3c2)n1CC#N. The van der Waals surface area contributed by atoms with Crippen LogP contribution in [0.3, 0.4) is 0 Å². The second-order valence-corrected chi connectivity index (χ2v) is 4.90. The lowest BCUT2D eigenvalue weighted by Gasteiger charge is -2.08. The van der Waals surface area contributed by atoms with Crippen molar-refractivity contribution < 1.29 is 0 Å². The first-order valence-corrected chi connectivity index (χ1v) is 6.76. The van der Waals surface area contributed by atoms with Gasteiger partial charge in [0.15, 0.2) is 0 Å². The highest BCUT2D eigenvalue weighted by Gasteiger charge is 2.12. The Bertz CT molecular complexity index is 947. The van der Waals surface area contributed by atoms with Gasteiger partial charge in [-0.25, -0.2) is 10.1 Å². The molecule has 3 rings (SSSR count). The fourth-order valence-electron chi connectivity index (χ4n) is 2.50. The minimum absolute atomic E-state index is 0.219. The van der Waals surface area contributed by atoms with Crippen molar-refractivity contribution in [1.29, 1.82) is 5.26 Å². The predicted molar refractivity (Wildman–Crippen MR) is 81.8 cm³/mol. The first-order valence-electron chi connectivity index (χ1n) is 6.76. The molecule has 3 aromatic rings. The van der Waals surface area contributed by atoms with Crippen LogP contribution in [0.5, 0.6) is 0 Å². The fraction of sp³-hybridized carbons (Fsp3) is 0.200. The zero-order valence-corrected chi connectivity index (χ0v) is 12.0. The Morgan fingerprint density at radius 1 is 1.41 bits per heavy atom. The number of hydrogen-bond acceptors (Lipinski definition) is 5. The van der Waals surface area contributed by atoms with Gasteiger partial charge >= 0.3 is 0 Å². The van der Waals surface area contributed by atoms with Crippen LogP contribution < -0.4 is 11.3 Å². The molecule has 0 spiro atoms. The first-order chi connectivity index (χ1) is 10.7. The zero-order valence-electron chi connectivity index (χ0n) is 12.0. The predicted octanol–water partition coefficient (Wildman–Crippen LogP) is 1.08. The van der Waals surface area contributed by atoms with Crippen LogP contribution in [0.25, 0.3) is 22.0 Å². The number of imidazole rings is 1. The quantitative estimate of drug-likeness (QED) is 0.750. The highest BCUT2D eigenvalue weighted by molar-refractivity contribution is 5.87. The lowest BCUT2D eigenvalue weighted by molar-refractivity contribution is 0.797. The third-order valence-corrected chi connectivity index (χ3v) is 3.64. The number of rotatable bonds is 3. The van der Waals surface area contributed by atoms with Gasteiger partial charge in [-0.15, -0.1) is 0 Å². The number of aromatic amines is 1. The van der Waals surface area contributed by atoms with E-state index in [1.54, 1.807) is 12.3 Å². The Kier molecular flexibility index (Phi) is 3.45. The van der Waals surface area contributed by atoms with Crippen molar-refractivity contribution in [3.63, 3.8) is 0 Å². The second-order valence-electron chi connectivity index (χ2n) is 4.90. The topological polar surface area (TPSA) is 113 Å². The van der Waals surface area contributed by atoms with E-state index >= 15 is 0 Å². The molecule has 3 N–H and O–H groups in total. The van der Waals surface area contributed by atoms with E-state index in [1.807, 2.05) is 23.6 Å². The minimum Gasteiger partial charge on any atom is -0.325 e. The Balaban J connectivity index is 2.26. The van der Waals surface area contributed by atoms with Gasteiger partial charge in [-0.1, -0.05) is 6.07 Å². The molecule has 0 aliphatic heterocycles. The zero-order chi connectivity index (χ0) is 15.7. The molecule has 2 aromatic heterocycles. The van der Waals surface area contributed by atoms with Crippen molar-refractivity contribution in [3.05, 3.63) is 46.3 Å². The molecule has 0 saturated carbocycles. The maximum absolute atomic E-state index is 11.8. The number of nitrogens with two attached hydrogens (primary N) is 1. The molecule has 22 heavy (non-hydrogen) atoms. The number of nitriles is 1. The largest absolute Gasteiger partial charge is 0.325 e.